The summed E-state index contributed by atoms with van der Waals surface area (Å²) in [6, 6.07) is 4.28. The minimum atomic E-state index is -0.0637. The SMILES string of the molecule is Cc1cc(C)c(C)c(C(N)c2cc(Br)c(Br)s2)c1C. The molecule has 0 bridgehead atoms. The minimum Gasteiger partial charge on any atom is -0.320 e. The van der Waals surface area contributed by atoms with E-state index in [1.165, 1.54) is 32.7 Å². The predicted octanol–water partition coefficient (Wildman–Crippen LogP) is 5.55. The van der Waals surface area contributed by atoms with E-state index in [0.29, 0.717) is 0 Å². The molecule has 1 unspecified atom stereocenters. The first-order valence-corrected chi connectivity index (χ1v) is 8.50. The van der Waals surface area contributed by atoms with Gasteiger partial charge in [-0.05, 0) is 93.4 Å². The molecular formula is C15H17Br2NS. The maximum Gasteiger partial charge on any atom is 0.0843 e. The number of aryl methyl sites for hydroxylation is 2. The summed E-state index contributed by atoms with van der Waals surface area (Å²) in [6.07, 6.45) is 0. The zero-order valence-electron chi connectivity index (χ0n) is 11.5. The Morgan fingerprint density at radius 3 is 1.95 bits per heavy atom. The van der Waals surface area contributed by atoms with Crippen LogP contribution in [0.15, 0.2) is 20.4 Å². The van der Waals surface area contributed by atoms with Gasteiger partial charge in [-0.15, -0.1) is 11.3 Å². The second-order valence-electron chi connectivity index (χ2n) is 4.92. The van der Waals surface area contributed by atoms with Crippen molar-refractivity contribution in [2.24, 2.45) is 5.73 Å². The van der Waals surface area contributed by atoms with Crippen LogP contribution in [0, 0.1) is 27.7 Å². The molecule has 1 nitrogen and oxygen atoms in total. The first-order chi connectivity index (χ1) is 8.82. The van der Waals surface area contributed by atoms with Gasteiger partial charge in [0.1, 0.15) is 0 Å². The average Bonchev–Trinajstić information content (AvgIpc) is 2.67. The Labute approximate surface area is 135 Å². The fraction of sp³-hybridized carbons (Fsp3) is 0.333. The molecule has 2 N–H and O–H groups in total. The first kappa shape index (κ1) is 15.2. The van der Waals surface area contributed by atoms with Crippen molar-refractivity contribution >= 4 is 43.2 Å². The van der Waals surface area contributed by atoms with E-state index < -0.39 is 0 Å². The van der Waals surface area contributed by atoms with Gasteiger partial charge in [0.2, 0.25) is 0 Å². The van der Waals surface area contributed by atoms with Gasteiger partial charge in [-0.25, -0.2) is 0 Å². The summed E-state index contributed by atoms with van der Waals surface area (Å²) in [6.45, 7) is 8.62. The van der Waals surface area contributed by atoms with Crippen molar-refractivity contribution in [1.29, 1.82) is 0 Å². The van der Waals surface area contributed by atoms with Crippen molar-refractivity contribution < 1.29 is 0 Å². The molecule has 2 rings (SSSR count). The lowest BCUT2D eigenvalue weighted by atomic mass is 9.89. The third-order valence-electron chi connectivity index (χ3n) is 3.71. The Hall–Kier alpha value is -0.160. The normalized spacial score (nSPS) is 12.8. The first-order valence-electron chi connectivity index (χ1n) is 6.10. The van der Waals surface area contributed by atoms with E-state index in [0.717, 1.165) is 8.26 Å². The van der Waals surface area contributed by atoms with E-state index in [4.69, 9.17) is 5.73 Å². The molecule has 2 aromatic rings. The fourth-order valence-corrected chi connectivity index (χ4v) is 4.47. The van der Waals surface area contributed by atoms with Crippen molar-refractivity contribution in [2.75, 3.05) is 0 Å². The largest absolute Gasteiger partial charge is 0.320 e. The van der Waals surface area contributed by atoms with Crippen molar-refractivity contribution in [2.45, 2.75) is 33.7 Å². The van der Waals surface area contributed by atoms with Crippen molar-refractivity contribution in [1.82, 2.24) is 0 Å². The highest BCUT2D eigenvalue weighted by atomic mass is 79.9. The molecule has 0 saturated heterocycles. The molecule has 0 aliphatic rings. The van der Waals surface area contributed by atoms with Crippen LogP contribution in [0.3, 0.4) is 0 Å². The topological polar surface area (TPSA) is 26.0 Å². The summed E-state index contributed by atoms with van der Waals surface area (Å²) in [7, 11) is 0. The Morgan fingerprint density at radius 1 is 1.00 bits per heavy atom. The number of nitrogens with two attached hydrogens (primary N) is 1. The molecule has 0 amide bonds. The van der Waals surface area contributed by atoms with Gasteiger partial charge >= 0.3 is 0 Å². The molecule has 0 fully saturated rings. The second-order valence-corrected chi connectivity index (χ2v) is 8.18. The third-order valence-corrected chi connectivity index (χ3v) is 7.05. The molecule has 102 valence electrons. The maximum atomic E-state index is 6.51. The number of hydrogen-bond acceptors (Lipinski definition) is 2. The van der Waals surface area contributed by atoms with Gasteiger partial charge in [0.05, 0.1) is 9.83 Å². The lowest BCUT2D eigenvalue weighted by Gasteiger charge is -2.20. The van der Waals surface area contributed by atoms with Crippen LogP contribution in [-0.4, -0.2) is 0 Å². The lowest BCUT2D eigenvalue weighted by molar-refractivity contribution is 0.864. The van der Waals surface area contributed by atoms with E-state index in [-0.39, 0.29) is 6.04 Å². The number of rotatable bonds is 2. The van der Waals surface area contributed by atoms with Crippen LogP contribution in [0.5, 0.6) is 0 Å². The van der Waals surface area contributed by atoms with Crippen LogP contribution in [0.25, 0.3) is 0 Å². The Morgan fingerprint density at radius 2 is 1.53 bits per heavy atom. The van der Waals surface area contributed by atoms with E-state index in [1.54, 1.807) is 11.3 Å². The van der Waals surface area contributed by atoms with Crippen LogP contribution < -0.4 is 5.73 Å². The highest BCUT2D eigenvalue weighted by Crippen LogP contribution is 2.38. The molecule has 4 heteroatoms. The van der Waals surface area contributed by atoms with Gasteiger partial charge in [-0.1, -0.05) is 6.07 Å². The minimum absolute atomic E-state index is 0.0637. The zero-order chi connectivity index (χ0) is 14.3. The summed E-state index contributed by atoms with van der Waals surface area (Å²) >= 11 is 8.76. The van der Waals surface area contributed by atoms with E-state index in [2.05, 4.69) is 71.7 Å². The van der Waals surface area contributed by atoms with Gasteiger partial charge in [0.25, 0.3) is 0 Å². The van der Waals surface area contributed by atoms with Crippen LogP contribution in [0.2, 0.25) is 0 Å². The zero-order valence-corrected chi connectivity index (χ0v) is 15.5. The second kappa shape index (κ2) is 5.68. The maximum absolute atomic E-state index is 6.51. The van der Waals surface area contributed by atoms with E-state index in [1.807, 2.05) is 0 Å². The molecule has 1 atom stereocenters. The monoisotopic (exact) mass is 401 g/mol. The smallest absolute Gasteiger partial charge is 0.0843 e. The van der Waals surface area contributed by atoms with Crippen LogP contribution in [0.1, 0.15) is 38.7 Å². The lowest BCUT2D eigenvalue weighted by Crippen LogP contribution is -2.15. The molecule has 0 aliphatic carbocycles. The molecule has 0 radical (unpaired) electrons. The molecule has 0 aliphatic heterocycles. The number of thiophene rings is 1. The van der Waals surface area contributed by atoms with Crippen molar-refractivity contribution in [3.05, 3.63) is 53.1 Å². The average molecular weight is 403 g/mol. The van der Waals surface area contributed by atoms with E-state index >= 15 is 0 Å². The van der Waals surface area contributed by atoms with Gasteiger partial charge in [-0.3, -0.25) is 0 Å². The Balaban J connectivity index is 2.58. The summed E-state index contributed by atoms with van der Waals surface area (Å²) in [5.74, 6) is 0. The summed E-state index contributed by atoms with van der Waals surface area (Å²) in [5, 5.41) is 0. The van der Waals surface area contributed by atoms with Gasteiger partial charge in [0.15, 0.2) is 0 Å². The van der Waals surface area contributed by atoms with Crippen molar-refractivity contribution in [3.63, 3.8) is 0 Å². The quantitative estimate of drug-likeness (QED) is 0.699. The van der Waals surface area contributed by atoms with Gasteiger partial charge in [-0.2, -0.15) is 0 Å². The summed E-state index contributed by atoms with van der Waals surface area (Å²) < 4.78 is 2.17. The standard InChI is InChI=1S/C15H17Br2NS/c1-7-5-8(2)10(4)13(9(7)3)14(18)12-6-11(16)15(17)19-12/h5-6,14H,18H2,1-4H3. The number of hydrogen-bond donors (Lipinski definition) is 1. The van der Waals surface area contributed by atoms with E-state index in [9.17, 15) is 0 Å². The summed E-state index contributed by atoms with van der Waals surface area (Å²) in [5.41, 5.74) is 13.0. The molecule has 19 heavy (non-hydrogen) atoms. The molecule has 1 aromatic heterocycles. The Bertz CT molecular complexity index is 586. The van der Waals surface area contributed by atoms with Crippen molar-refractivity contribution in [3.8, 4) is 0 Å². The van der Waals surface area contributed by atoms with Crippen LogP contribution in [0.4, 0.5) is 0 Å². The fourth-order valence-electron chi connectivity index (χ4n) is 2.37. The molecule has 1 aromatic carbocycles. The highest BCUT2D eigenvalue weighted by molar-refractivity contribution is 9.13. The third kappa shape index (κ3) is 2.82. The number of halogens is 2. The predicted molar refractivity (Wildman–Crippen MR) is 91.1 cm³/mol. The van der Waals surface area contributed by atoms with Gasteiger partial charge in [0, 0.05) is 9.35 Å². The highest BCUT2D eigenvalue weighted by Gasteiger charge is 2.19. The Kier molecular flexibility index (Phi) is 4.56. The molecule has 1 heterocycles. The number of benzene rings is 1. The van der Waals surface area contributed by atoms with Crippen LogP contribution >= 0.6 is 43.2 Å². The van der Waals surface area contributed by atoms with Crippen LogP contribution in [-0.2, 0) is 0 Å². The molecular weight excluding hydrogens is 386 g/mol. The summed E-state index contributed by atoms with van der Waals surface area (Å²) in [4.78, 5) is 1.18. The van der Waals surface area contributed by atoms with Gasteiger partial charge < -0.3 is 5.73 Å². The molecule has 0 spiro atoms. The molecule has 0 saturated carbocycles.